The number of nitrogens with one attached hydrogen (secondary N) is 2. The van der Waals surface area contributed by atoms with E-state index >= 15 is 0 Å². The van der Waals surface area contributed by atoms with Crippen LogP contribution in [0.3, 0.4) is 0 Å². The molecule has 1 aromatic heterocycles. The highest BCUT2D eigenvalue weighted by Gasteiger charge is 2.07. The van der Waals surface area contributed by atoms with E-state index in [9.17, 15) is 4.79 Å². The first-order chi connectivity index (χ1) is 9.94. The van der Waals surface area contributed by atoms with Crippen LogP contribution in [-0.4, -0.2) is 48.7 Å². The second kappa shape index (κ2) is 10.5. The molecule has 1 rings (SSSR count). The first-order valence-electron chi connectivity index (χ1n) is 6.15. The van der Waals surface area contributed by atoms with E-state index in [2.05, 4.69) is 21.9 Å². The summed E-state index contributed by atoms with van der Waals surface area (Å²) in [5.74, 6) is -1.23. The fourth-order valence-corrected chi connectivity index (χ4v) is 1.14. The molecule has 0 bridgehead atoms. The summed E-state index contributed by atoms with van der Waals surface area (Å²) in [7, 11) is 1.28. The second-order valence-corrected chi connectivity index (χ2v) is 3.88. The van der Waals surface area contributed by atoms with Crippen LogP contribution in [0.2, 0.25) is 0 Å². The molecule has 0 radical (unpaired) electrons. The molecule has 0 aliphatic carbocycles. The van der Waals surface area contributed by atoms with Gasteiger partial charge < -0.3 is 5.11 Å². The van der Waals surface area contributed by atoms with Gasteiger partial charge in [0.25, 0.3) is 17.8 Å². The molecular formula is C10H20N6O5. The lowest BCUT2D eigenvalue weighted by Gasteiger charge is -2.09. The summed E-state index contributed by atoms with van der Waals surface area (Å²) in [6.45, 7) is 2.06. The minimum Gasteiger partial charge on any atom is -0.481 e. The van der Waals surface area contributed by atoms with Crippen LogP contribution >= 0.6 is 0 Å². The molecule has 120 valence electrons. The van der Waals surface area contributed by atoms with Gasteiger partial charge >= 0.3 is 5.97 Å². The number of unbranched alkanes of at least 4 members (excludes halogenated alkanes) is 2. The lowest BCUT2D eigenvalue weighted by atomic mass is 10.2. The molecule has 0 atom stereocenters. The van der Waals surface area contributed by atoms with E-state index in [1.807, 2.05) is 0 Å². The average molecular weight is 304 g/mol. The van der Waals surface area contributed by atoms with Crippen LogP contribution in [-0.2, 0) is 4.79 Å². The molecule has 11 heteroatoms. The van der Waals surface area contributed by atoms with E-state index in [4.69, 9.17) is 20.7 Å². The van der Waals surface area contributed by atoms with Gasteiger partial charge in [0.15, 0.2) is 0 Å². The Balaban J connectivity index is 0.000000433. The third kappa shape index (κ3) is 8.52. The predicted octanol–water partition coefficient (Wildman–Crippen LogP) is 0.950. The van der Waals surface area contributed by atoms with Crippen molar-refractivity contribution >= 4 is 23.8 Å². The van der Waals surface area contributed by atoms with Crippen LogP contribution in [0.25, 0.3) is 0 Å². The van der Waals surface area contributed by atoms with Crippen molar-refractivity contribution in [3.63, 3.8) is 0 Å². The molecule has 1 heterocycles. The fraction of sp³-hybridized carbons (Fsp3) is 0.600. The van der Waals surface area contributed by atoms with Crippen LogP contribution in [0.5, 0.6) is 0 Å². The van der Waals surface area contributed by atoms with E-state index in [1.165, 1.54) is 7.05 Å². The van der Waals surface area contributed by atoms with E-state index < -0.39 is 5.97 Å². The maximum atomic E-state index is 9.87. The maximum Gasteiger partial charge on any atom is 0.303 e. The van der Waals surface area contributed by atoms with Crippen molar-refractivity contribution in [2.24, 2.45) is 0 Å². The summed E-state index contributed by atoms with van der Waals surface area (Å²) >= 11 is 0. The van der Waals surface area contributed by atoms with Gasteiger partial charge in [-0.3, -0.25) is 20.4 Å². The number of aromatic nitrogens is 3. The number of hydrogen-bond donors (Lipinski definition) is 6. The number of hydroxylamine groups is 1. The number of carboxylic acids is 1. The van der Waals surface area contributed by atoms with Crippen molar-refractivity contribution < 1.29 is 25.5 Å². The van der Waals surface area contributed by atoms with Gasteiger partial charge in [0.1, 0.15) is 0 Å². The number of nitrogens with zero attached hydrogens (tertiary/aromatic N) is 4. The molecule has 0 amide bonds. The molecule has 0 aliphatic rings. The van der Waals surface area contributed by atoms with Gasteiger partial charge in [0.05, 0.1) is 0 Å². The Morgan fingerprint density at radius 2 is 1.67 bits per heavy atom. The molecule has 0 saturated carbocycles. The van der Waals surface area contributed by atoms with Crippen molar-refractivity contribution in [3.05, 3.63) is 0 Å². The molecule has 0 saturated heterocycles. The minimum atomic E-state index is -0.682. The average Bonchev–Trinajstić information content (AvgIpc) is 2.47. The summed E-state index contributed by atoms with van der Waals surface area (Å²) < 4.78 is 0. The molecule has 0 spiro atoms. The summed E-state index contributed by atoms with van der Waals surface area (Å²) in [6, 6.07) is 0. The van der Waals surface area contributed by atoms with Gasteiger partial charge in [0.2, 0.25) is 0 Å². The summed E-state index contributed by atoms with van der Waals surface area (Å²) in [5.41, 5.74) is 3.29. The summed E-state index contributed by atoms with van der Waals surface area (Å²) in [5, 5.41) is 34.6. The van der Waals surface area contributed by atoms with E-state index in [1.54, 1.807) is 11.0 Å². The third-order valence-electron chi connectivity index (χ3n) is 2.11. The van der Waals surface area contributed by atoms with Crippen molar-refractivity contribution in [3.8, 4) is 0 Å². The van der Waals surface area contributed by atoms with Gasteiger partial charge in [-0.15, -0.1) is 0 Å². The quantitative estimate of drug-likeness (QED) is 0.314. The standard InChI is InChI=1S/C6H12O2.C4H8N6O3/c1-2-3-4-5-6(7)8;1-10(13)4-6-2(8-11)5-3(7-4)9-12/h2-5H2,1H3,(H,7,8);11-13H,1H3,(H2,5,6,7,8,9). The maximum absolute atomic E-state index is 9.87. The molecule has 0 fully saturated rings. The van der Waals surface area contributed by atoms with Crippen LogP contribution in [0.15, 0.2) is 0 Å². The zero-order valence-corrected chi connectivity index (χ0v) is 11.8. The predicted molar refractivity (Wildman–Crippen MR) is 72.6 cm³/mol. The van der Waals surface area contributed by atoms with Gasteiger partial charge in [-0.05, 0) is 6.42 Å². The number of anilines is 3. The van der Waals surface area contributed by atoms with Crippen molar-refractivity contribution in [1.29, 1.82) is 0 Å². The van der Waals surface area contributed by atoms with Crippen molar-refractivity contribution in [2.75, 3.05) is 23.1 Å². The topological polar surface area (TPSA) is 164 Å². The number of carboxylic acid groups (broad SMARTS) is 1. The number of carbonyl (C=O) groups is 1. The highest BCUT2D eigenvalue weighted by atomic mass is 16.5. The van der Waals surface area contributed by atoms with Gasteiger partial charge in [-0.2, -0.15) is 15.0 Å². The van der Waals surface area contributed by atoms with Crippen LogP contribution in [0.1, 0.15) is 32.6 Å². The fourth-order valence-electron chi connectivity index (χ4n) is 1.14. The molecular weight excluding hydrogens is 284 g/mol. The highest BCUT2D eigenvalue weighted by Crippen LogP contribution is 2.09. The van der Waals surface area contributed by atoms with Gasteiger partial charge in [0, 0.05) is 13.5 Å². The molecule has 6 N–H and O–H groups in total. The Morgan fingerprint density at radius 3 is 2.00 bits per heavy atom. The number of rotatable bonds is 7. The van der Waals surface area contributed by atoms with Crippen molar-refractivity contribution in [1.82, 2.24) is 15.0 Å². The monoisotopic (exact) mass is 304 g/mol. The SMILES string of the molecule is CCCCCC(=O)O.CN(O)c1nc(NO)nc(NO)n1. The number of aliphatic carboxylic acids is 1. The second-order valence-electron chi connectivity index (χ2n) is 3.88. The zero-order chi connectivity index (χ0) is 16.3. The Bertz CT molecular complexity index is 408. The molecule has 1 aromatic rings. The Kier molecular flexibility index (Phi) is 9.41. The first-order valence-corrected chi connectivity index (χ1v) is 6.15. The largest absolute Gasteiger partial charge is 0.481 e. The van der Waals surface area contributed by atoms with Gasteiger partial charge in [-0.1, -0.05) is 19.8 Å². The lowest BCUT2D eigenvalue weighted by Crippen LogP contribution is -2.16. The Hall–Kier alpha value is -2.24. The molecule has 11 nitrogen and oxygen atoms in total. The minimum absolute atomic E-state index is 0.136. The van der Waals surface area contributed by atoms with E-state index in [-0.39, 0.29) is 17.8 Å². The number of hydrogen-bond acceptors (Lipinski definition) is 10. The van der Waals surface area contributed by atoms with Crippen LogP contribution < -0.4 is 16.0 Å². The van der Waals surface area contributed by atoms with E-state index in [0.717, 1.165) is 19.3 Å². The Labute approximate surface area is 121 Å². The summed E-state index contributed by atoms with van der Waals surface area (Å²) in [6.07, 6.45) is 3.28. The normalized spacial score (nSPS) is 9.38. The van der Waals surface area contributed by atoms with Crippen LogP contribution in [0, 0.1) is 0 Å². The van der Waals surface area contributed by atoms with Crippen molar-refractivity contribution in [2.45, 2.75) is 32.6 Å². The molecule has 0 unspecified atom stereocenters. The van der Waals surface area contributed by atoms with Crippen LogP contribution in [0.4, 0.5) is 17.8 Å². The lowest BCUT2D eigenvalue weighted by molar-refractivity contribution is -0.137. The zero-order valence-electron chi connectivity index (χ0n) is 11.8. The Morgan fingerprint density at radius 1 is 1.14 bits per heavy atom. The first kappa shape index (κ1) is 18.8. The van der Waals surface area contributed by atoms with E-state index in [0.29, 0.717) is 11.5 Å². The smallest absolute Gasteiger partial charge is 0.303 e. The molecule has 21 heavy (non-hydrogen) atoms. The highest BCUT2D eigenvalue weighted by molar-refractivity contribution is 5.66. The molecule has 0 aliphatic heterocycles. The summed E-state index contributed by atoms with van der Waals surface area (Å²) in [4.78, 5) is 20.4. The third-order valence-corrected chi connectivity index (χ3v) is 2.11. The molecule has 0 aromatic carbocycles. The van der Waals surface area contributed by atoms with Gasteiger partial charge in [-0.25, -0.2) is 16.0 Å².